The summed E-state index contributed by atoms with van der Waals surface area (Å²) in [7, 11) is 0.545. The Morgan fingerprint density at radius 2 is 0.592 bits per heavy atom. The largest absolute Gasteiger partial charge is 0.493 e. The van der Waals surface area contributed by atoms with E-state index in [-0.39, 0.29) is 119 Å². The van der Waals surface area contributed by atoms with Gasteiger partial charge < -0.3 is 79.8 Å². The third-order valence-electron chi connectivity index (χ3n) is 19.0. The van der Waals surface area contributed by atoms with Crippen LogP contribution in [0.25, 0.3) is 0 Å². The molecule has 4 saturated heterocycles. The molecule has 0 saturated carbocycles. The minimum atomic E-state index is -4.14. The van der Waals surface area contributed by atoms with Gasteiger partial charge in [-0.05, 0) is 191 Å². The van der Waals surface area contributed by atoms with E-state index < -0.39 is 385 Å². The Morgan fingerprint density at radius 3 is 0.833 bits per heavy atom. The van der Waals surface area contributed by atoms with Crippen molar-refractivity contribution < 1.29 is 171 Å². The maximum absolute atomic E-state index is 13.7. The van der Waals surface area contributed by atoms with Gasteiger partial charge in [0.15, 0.2) is 46.0 Å². The van der Waals surface area contributed by atoms with E-state index in [2.05, 4.69) is 0 Å². The third-order valence-corrected chi connectivity index (χ3v) is 19.0. The summed E-state index contributed by atoms with van der Waals surface area (Å²) in [5.41, 5.74) is 20.9. The molecule has 0 radical (unpaired) electrons. The second-order valence-corrected chi connectivity index (χ2v) is 29.5. The van der Waals surface area contributed by atoms with Crippen LogP contribution in [-0.4, -0.2) is 201 Å². The Labute approximate surface area is 815 Å². The van der Waals surface area contributed by atoms with Crippen molar-refractivity contribution in [2.45, 2.75) is 260 Å². The lowest BCUT2D eigenvalue weighted by Gasteiger charge is -2.47. The quantitative estimate of drug-likeness (QED) is 0.0303. The fourth-order valence-corrected chi connectivity index (χ4v) is 13.4. The summed E-state index contributed by atoms with van der Waals surface area (Å²) in [6, 6.07) is -28.8. The summed E-state index contributed by atoms with van der Waals surface area (Å²) in [5, 5.41) is 0. The number of fused-ring (bicyclic) bond motifs is 12. The van der Waals surface area contributed by atoms with Gasteiger partial charge in [0.2, 0.25) is 0 Å². The molecule has 8 aliphatic rings. The highest BCUT2D eigenvalue weighted by Crippen LogP contribution is 2.50. The van der Waals surface area contributed by atoms with Crippen LogP contribution in [0.4, 0.5) is 0 Å². The van der Waals surface area contributed by atoms with Crippen molar-refractivity contribution in [3.05, 3.63) is 92.8 Å². The lowest BCUT2D eigenvalue weighted by molar-refractivity contribution is -0.161. The van der Waals surface area contributed by atoms with Gasteiger partial charge in [0.05, 0.1) is 85.5 Å². The lowest BCUT2D eigenvalue weighted by Crippen LogP contribution is -2.51. The molecule has 24 heteroatoms. The van der Waals surface area contributed by atoms with Gasteiger partial charge in [0.1, 0.15) is 48.4 Å². The Hall–Kier alpha value is -7.16. The second-order valence-electron chi connectivity index (χ2n) is 29.5. The molecule has 0 aromatic heterocycles. The van der Waals surface area contributed by atoms with Crippen LogP contribution in [-0.2, 0) is 63.8 Å². The molecule has 12 rings (SSSR count). The smallest absolute Gasteiger partial charge is 0.323 e. The van der Waals surface area contributed by atoms with E-state index in [1.807, 2.05) is 0 Å². The minimum absolute atomic E-state index is 0.0298. The highest BCUT2D eigenvalue weighted by atomic mass is 16.6. The van der Waals surface area contributed by atoms with Crippen molar-refractivity contribution in [3.8, 4) is 46.0 Å². The number of rotatable bonds is 28. The van der Waals surface area contributed by atoms with Crippen LogP contribution in [0, 0.1) is 70.8 Å². The van der Waals surface area contributed by atoms with Gasteiger partial charge in [-0.15, -0.1) is 0 Å². The number of hydrogen-bond acceptors (Lipinski definition) is 24. The SMILES string of the molecule is [2H]c1c2c(c([2H])c(OC)c1OC([2H])([2H])[2H])C1N(CC2)C([2H])([2H])C([2H])(CC(C)C)C(OC(=O)[C@@]([2H])(N)C([2H])(C([2H])([2H])[2H])C([2H])([2H])[2H])C1([2H])[2H].[2H]c1c2c(c([2H])c(OC)c1OC([2H])([2H])[2H])C1N(CC2)C([2H])([2H])C([2H])(CC(C)C)C([2H])(OC(=O)[C@@]([2H])(N)C([2H])(C([2H])([2H])[2H])C([2H])([2H])[2H])C1([2H])[2H].[2H]c1c2c(c([2H])c(OC)c1OC)C1N(CC2)C([2H])([2H])C([2H])(CC(C)C)C([2H])(OC(=O)[C@@]([2H])(N)C([2H])(C([2H])([2H])[2H])C([2H])([2H])[2H])C1([2H])[2H].[2H]c1c2c(c([2H])c(OC)c1OC)C1N(CC2)C([2H])([2H])C([2H])(CC(C)C)C([2H])(OC(=O)[C@@]([2H])(N)C([2H])(C([2H])([2H])[2H])C([2H])([2H])[2H])C1([2H])[2H]. The van der Waals surface area contributed by atoms with Gasteiger partial charge in [-0.3, -0.25) is 38.8 Å². The zero-order valence-electron chi connectivity index (χ0n) is 138. The second kappa shape index (κ2) is 43.9. The molecule has 16 atom stereocenters. The number of ether oxygens (including phenoxy) is 12. The molecule has 0 amide bonds. The first-order chi connectivity index (χ1) is 83.9. The molecule has 4 aromatic carbocycles. The molecule has 12 unspecified atom stereocenters. The molecule has 8 heterocycles. The predicted molar refractivity (Wildman–Crippen MR) is 471 cm³/mol. The molecule has 120 heavy (non-hydrogen) atoms. The summed E-state index contributed by atoms with van der Waals surface area (Å²) in [4.78, 5) is 58.3. The Balaban J connectivity index is 0.000000274. The first kappa shape index (κ1) is 39.2. The molecule has 8 N–H and O–H groups in total. The number of nitrogens with two attached hydrogens (primary N) is 4. The van der Waals surface area contributed by atoms with Crippen molar-refractivity contribution in [1.29, 1.82) is 0 Å². The standard InChI is InChI=1S/4C24H38N2O4/c4*1-14(2)9-17-13-26-8-7-16-10-21(28-5)22(29-6)11-18(16)19(26)12-20(17)30-24(27)23(25)15(3)4/h4*10-11,14-15,17,19-20,23H,7-9,12-13,25H2,1-6H3/t4*17?,19?,20?,23-/m0000/s1/i3D3,4D3,5D3,10D,11D,12D2,13D2,15D,17D,20D,23D;2*3D3,4D3,10D,11D,12D2,13D2,15D,17D,20D,23D;3D3,4D3,5D3,10D,11D,12D2,13D2,15D,17D,23D. The third kappa shape index (κ3) is 23.8. The fourth-order valence-electron chi connectivity index (χ4n) is 13.4. The molecular formula is C96H152N8O16. The van der Waals surface area contributed by atoms with Crippen molar-refractivity contribution in [2.24, 2.45) is 93.8 Å². The highest BCUT2D eigenvalue weighted by Gasteiger charge is 2.47. The molecule has 0 bridgehead atoms. The monoisotopic (exact) mass is 1740 g/mol. The predicted octanol–water partition coefficient (Wildman–Crippen LogP) is 14.3. The van der Waals surface area contributed by atoms with Crippen LogP contribution in [0.5, 0.6) is 46.0 Å². The summed E-state index contributed by atoms with van der Waals surface area (Å²) in [6.07, 6.45) is -30.8. The summed E-state index contributed by atoms with van der Waals surface area (Å²) in [5.74, 6) is -44.1. The molecular weight excluding hydrogens is 1520 g/mol. The molecule has 672 valence electrons. The van der Waals surface area contributed by atoms with Gasteiger partial charge >= 0.3 is 23.9 Å². The van der Waals surface area contributed by atoms with Crippen LogP contribution in [0.2, 0.25) is 0 Å². The normalized spacial score (nSPS) is 43.4. The highest BCUT2D eigenvalue weighted by molar-refractivity contribution is 5.77. The molecule has 0 spiro atoms. The van der Waals surface area contributed by atoms with Crippen LogP contribution in [0.1, 0.15) is 325 Å². The number of methoxy groups -OCH3 is 8. The summed E-state index contributed by atoms with van der Waals surface area (Å²) < 4.78 is 642. The van der Waals surface area contributed by atoms with Gasteiger partial charge in [0.25, 0.3) is 0 Å². The Kier molecular flexibility index (Phi) is 14.3. The van der Waals surface area contributed by atoms with Crippen LogP contribution in [0.3, 0.4) is 0 Å². The maximum Gasteiger partial charge on any atom is 0.323 e. The van der Waals surface area contributed by atoms with Gasteiger partial charge in [-0.1, -0.05) is 110 Å². The zero-order chi connectivity index (χ0) is 148. The molecule has 4 aromatic rings. The first-order valence-electron chi connectivity index (χ1n) is 72.3. The molecule has 4 fully saturated rings. The maximum atomic E-state index is 13.7. The van der Waals surface area contributed by atoms with Crippen LogP contribution < -0.4 is 60.8 Å². The zero-order valence-corrected chi connectivity index (χ0v) is 68.8. The summed E-state index contributed by atoms with van der Waals surface area (Å²) >= 11 is 0. The van der Waals surface area contributed by atoms with Crippen LogP contribution >= 0.6 is 0 Å². The lowest BCUT2D eigenvalue weighted by atomic mass is 9.79. The topological polar surface area (TPSA) is 296 Å². The first-order valence-corrected chi connectivity index (χ1v) is 37.8. The number of benzene rings is 4. The number of carbonyl (C=O) groups is 4. The van der Waals surface area contributed by atoms with E-state index in [1.54, 1.807) is 13.8 Å². The number of nitrogens with zero attached hydrogens (tertiary/aromatic N) is 4. The Morgan fingerprint density at radius 1 is 0.367 bits per heavy atom. The molecule has 24 nitrogen and oxygen atoms in total. The van der Waals surface area contributed by atoms with E-state index >= 15 is 0 Å². The summed E-state index contributed by atoms with van der Waals surface area (Å²) in [6.45, 7) is -33.2. The van der Waals surface area contributed by atoms with Crippen molar-refractivity contribution >= 4 is 23.9 Å². The average molecular weight is 1740 g/mol. The van der Waals surface area contributed by atoms with E-state index in [0.717, 1.165) is 48.0 Å². The number of esters is 4. The van der Waals surface area contributed by atoms with Crippen LogP contribution in [0.15, 0.2) is 48.3 Å². The number of carbonyl (C=O) groups excluding carboxylic acids is 4. The fraction of sp³-hybridized carbons (Fsp3) is 0.708. The van der Waals surface area contributed by atoms with Crippen molar-refractivity contribution in [3.63, 3.8) is 0 Å². The van der Waals surface area contributed by atoms with E-state index in [1.165, 1.54) is 55.8 Å². The van der Waals surface area contributed by atoms with Gasteiger partial charge in [0, 0.05) is 191 Å². The number of hydrogen-bond donors (Lipinski definition) is 4. The van der Waals surface area contributed by atoms with E-state index in [9.17, 15) is 42.5 Å². The van der Waals surface area contributed by atoms with E-state index in [4.69, 9.17) is 151 Å². The average Bonchev–Trinajstić information content (AvgIpc) is 0.657. The number of piperidine rings is 4. The van der Waals surface area contributed by atoms with Crippen molar-refractivity contribution in [1.82, 2.24) is 19.6 Å². The van der Waals surface area contributed by atoms with Gasteiger partial charge in [-0.25, -0.2) is 0 Å². The van der Waals surface area contributed by atoms with E-state index in [0.29, 0.717) is 0 Å². The molecule has 0 aliphatic carbocycles. The van der Waals surface area contributed by atoms with Crippen molar-refractivity contribution in [2.75, 3.05) is 109 Å². The van der Waals surface area contributed by atoms with Gasteiger partial charge in [-0.2, -0.15) is 0 Å². The minimum Gasteiger partial charge on any atom is -0.493 e. The Bertz CT molecular complexity index is 7080. The molecule has 8 aliphatic heterocycles.